The van der Waals surface area contributed by atoms with Crippen molar-refractivity contribution in [2.24, 2.45) is 4.99 Å². The average Bonchev–Trinajstić information content (AvgIpc) is 3.05. The second kappa shape index (κ2) is 5.13. The normalized spacial score (nSPS) is 23.3. The van der Waals surface area contributed by atoms with Gasteiger partial charge in [0.25, 0.3) is 0 Å². The summed E-state index contributed by atoms with van der Waals surface area (Å²) in [6, 6.07) is 18.3. The van der Waals surface area contributed by atoms with Gasteiger partial charge in [0.1, 0.15) is 12.4 Å². The molecule has 2 heterocycles. The number of rotatable bonds is 2. The Morgan fingerprint density at radius 3 is 2.57 bits per heavy atom. The summed E-state index contributed by atoms with van der Waals surface area (Å²) < 4.78 is 11.7. The number of benzene rings is 2. The van der Waals surface area contributed by atoms with Crippen molar-refractivity contribution in [2.75, 3.05) is 13.2 Å². The quantitative estimate of drug-likeness (QED) is 0.919. The highest BCUT2D eigenvalue weighted by molar-refractivity contribution is 5.89. The van der Waals surface area contributed by atoms with Crippen molar-refractivity contribution in [2.45, 2.75) is 12.1 Å². The van der Waals surface area contributed by atoms with Gasteiger partial charge in [-0.3, -0.25) is 4.99 Å². The molecule has 0 aromatic heterocycles. The van der Waals surface area contributed by atoms with Gasteiger partial charge >= 0.3 is 0 Å². The van der Waals surface area contributed by atoms with E-state index in [1.165, 1.54) is 5.56 Å². The molecule has 0 saturated heterocycles. The van der Waals surface area contributed by atoms with Crippen molar-refractivity contribution >= 4 is 5.84 Å². The summed E-state index contributed by atoms with van der Waals surface area (Å²) in [5.41, 5.74) is 1.24. The van der Waals surface area contributed by atoms with Crippen LogP contribution in [0.25, 0.3) is 0 Å². The van der Waals surface area contributed by atoms with Gasteiger partial charge < -0.3 is 14.8 Å². The number of amidine groups is 1. The first-order chi connectivity index (χ1) is 10.4. The number of hydrogen-bond acceptors (Lipinski definition) is 4. The van der Waals surface area contributed by atoms with E-state index >= 15 is 0 Å². The van der Waals surface area contributed by atoms with Crippen molar-refractivity contribution in [3.63, 3.8) is 0 Å². The van der Waals surface area contributed by atoms with Gasteiger partial charge in [-0.05, 0) is 17.7 Å². The smallest absolute Gasteiger partial charge is 0.189 e. The zero-order valence-corrected chi connectivity index (χ0v) is 11.5. The van der Waals surface area contributed by atoms with Crippen LogP contribution in [0.4, 0.5) is 0 Å². The average molecular weight is 280 g/mol. The fourth-order valence-corrected chi connectivity index (χ4v) is 2.68. The molecule has 0 bridgehead atoms. The third-order valence-electron chi connectivity index (χ3n) is 3.78. The minimum absolute atomic E-state index is 0.159. The molecule has 4 rings (SSSR count). The highest BCUT2D eigenvalue weighted by atomic mass is 16.6. The number of ether oxygens (including phenoxy) is 2. The molecule has 2 aliphatic rings. The van der Waals surface area contributed by atoms with Crippen LogP contribution < -0.4 is 14.8 Å². The summed E-state index contributed by atoms with van der Waals surface area (Å²) in [5, 5.41) is 3.45. The lowest BCUT2D eigenvalue weighted by Gasteiger charge is -2.27. The summed E-state index contributed by atoms with van der Waals surface area (Å²) in [7, 11) is 0. The molecule has 2 aliphatic heterocycles. The number of fused-ring (bicyclic) bond motifs is 1. The number of nitrogens with one attached hydrogen (secondary N) is 1. The van der Waals surface area contributed by atoms with Crippen LogP contribution in [0.5, 0.6) is 11.5 Å². The second-order valence-electron chi connectivity index (χ2n) is 5.20. The summed E-state index contributed by atoms with van der Waals surface area (Å²) in [6.45, 7) is 1.23. The molecule has 0 aliphatic carbocycles. The Morgan fingerprint density at radius 2 is 1.71 bits per heavy atom. The summed E-state index contributed by atoms with van der Waals surface area (Å²) in [6.07, 6.45) is -0.159. The van der Waals surface area contributed by atoms with E-state index in [1.807, 2.05) is 42.5 Å². The van der Waals surface area contributed by atoms with Gasteiger partial charge in [-0.15, -0.1) is 0 Å². The van der Waals surface area contributed by atoms with Crippen molar-refractivity contribution < 1.29 is 9.47 Å². The van der Waals surface area contributed by atoms with Gasteiger partial charge in [0.15, 0.2) is 17.6 Å². The Bertz CT molecular complexity index is 670. The molecule has 4 heteroatoms. The molecule has 2 aromatic carbocycles. The maximum Gasteiger partial charge on any atom is 0.189 e. The zero-order chi connectivity index (χ0) is 14.1. The Labute approximate surface area is 123 Å². The van der Waals surface area contributed by atoms with Crippen molar-refractivity contribution in [3.05, 3.63) is 60.2 Å². The lowest BCUT2D eigenvalue weighted by Crippen LogP contribution is -2.42. The fraction of sp³-hybridized carbons (Fsp3) is 0.235. The van der Waals surface area contributed by atoms with Gasteiger partial charge in [0.2, 0.25) is 0 Å². The van der Waals surface area contributed by atoms with Crippen molar-refractivity contribution in [1.82, 2.24) is 5.32 Å². The van der Waals surface area contributed by atoms with Crippen LogP contribution in [0, 0.1) is 0 Å². The third-order valence-corrected chi connectivity index (χ3v) is 3.78. The number of hydrogen-bond donors (Lipinski definition) is 1. The number of nitrogens with zero attached hydrogens (tertiary/aromatic N) is 1. The molecule has 0 radical (unpaired) electrons. The van der Waals surface area contributed by atoms with E-state index in [0.717, 1.165) is 23.9 Å². The van der Waals surface area contributed by atoms with Crippen LogP contribution in [0.2, 0.25) is 0 Å². The summed E-state index contributed by atoms with van der Waals surface area (Å²) in [5.74, 6) is 2.45. The molecular weight excluding hydrogens is 264 g/mol. The molecule has 0 fully saturated rings. The minimum Gasteiger partial charge on any atom is -0.485 e. The van der Waals surface area contributed by atoms with E-state index in [-0.39, 0.29) is 12.1 Å². The SMILES string of the molecule is c1ccc(C2CN=C(C3COc4ccccc4O3)N2)cc1. The topological polar surface area (TPSA) is 42.9 Å². The summed E-state index contributed by atoms with van der Waals surface area (Å²) >= 11 is 0. The summed E-state index contributed by atoms with van der Waals surface area (Å²) in [4.78, 5) is 4.59. The van der Waals surface area contributed by atoms with Crippen molar-refractivity contribution in [3.8, 4) is 11.5 Å². The van der Waals surface area contributed by atoms with Gasteiger partial charge in [0.05, 0.1) is 12.6 Å². The number of aliphatic imine (C=N–C) groups is 1. The van der Waals surface area contributed by atoms with Crippen LogP contribution in [0.1, 0.15) is 11.6 Å². The molecule has 1 N–H and O–H groups in total. The molecule has 106 valence electrons. The third kappa shape index (κ3) is 2.33. The molecule has 2 aromatic rings. The van der Waals surface area contributed by atoms with Crippen LogP contribution in [-0.4, -0.2) is 25.1 Å². The number of para-hydroxylation sites is 2. The second-order valence-corrected chi connectivity index (χ2v) is 5.20. The molecule has 21 heavy (non-hydrogen) atoms. The van der Waals surface area contributed by atoms with E-state index < -0.39 is 0 Å². The van der Waals surface area contributed by atoms with E-state index in [9.17, 15) is 0 Å². The molecule has 0 spiro atoms. The van der Waals surface area contributed by atoms with E-state index in [1.54, 1.807) is 0 Å². The Hall–Kier alpha value is -2.49. The monoisotopic (exact) mass is 280 g/mol. The first-order valence-corrected chi connectivity index (χ1v) is 7.14. The molecule has 2 atom stereocenters. The van der Waals surface area contributed by atoms with Crippen LogP contribution in [0.15, 0.2) is 59.6 Å². The maximum absolute atomic E-state index is 5.98. The first-order valence-electron chi connectivity index (χ1n) is 7.14. The Balaban J connectivity index is 1.47. The Morgan fingerprint density at radius 1 is 0.952 bits per heavy atom. The van der Waals surface area contributed by atoms with E-state index in [4.69, 9.17) is 9.47 Å². The molecule has 0 saturated carbocycles. The predicted molar refractivity (Wildman–Crippen MR) is 81.0 cm³/mol. The van der Waals surface area contributed by atoms with Gasteiger partial charge in [-0.2, -0.15) is 0 Å². The van der Waals surface area contributed by atoms with Gasteiger partial charge in [-0.25, -0.2) is 0 Å². The van der Waals surface area contributed by atoms with Crippen LogP contribution in [0.3, 0.4) is 0 Å². The van der Waals surface area contributed by atoms with E-state index in [0.29, 0.717) is 6.61 Å². The molecular formula is C17H16N2O2. The fourth-order valence-electron chi connectivity index (χ4n) is 2.68. The highest BCUT2D eigenvalue weighted by Gasteiger charge is 2.30. The van der Waals surface area contributed by atoms with Gasteiger partial charge in [0, 0.05) is 0 Å². The molecule has 0 amide bonds. The minimum atomic E-state index is -0.159. The lowest BCUT2D eigenvalue weighted by molar-refractivity contribution is 0.133. The maximum atomic E-state index is 5.98. The Kier molecular flexibility index (Phi) is 2.99. The van der Waals surface area contributed by atoms with Crippen molar-refractivity contribution in [1.29, 1.82) is 0 Å². The lowest BCUT2D eigenvalue weighted by atomic mass is 10.1. The van der Waals surface area contributed by atoms with Crippen LogP contribution >= 0.6 is 0 Å². The largest absolute Gasteiger partial charge is 0.485 e. The van der Waals surface area contributed by atoms with Gasteiger partial charge in [-0.1, -0.05) is 42.5 Å². The predicted octanol–water partition coefficient (Wildman–Crippen LogP) is 2.57. The zero-order valence-electron chi connectivity index (χ0n) is 11.5. The van der Waals surface area contributed by atoms with Crippen LogP contribution in [-0.2, 0) is 0 Å². The highest BCUT2D eigenvalue weighted by Crippen LogP contribution is 2.31. The molecule has 2 unspecified atom stereocenters. The van der Waals surface area contributed by atoms with E-state index in [2.05, 4.69) is 22.4 Å². The molecule has 4 nitrogen and oxygen atoms in total. The first kappa shape index (κ1) is 12.3. The standard InChI is InChI=1S/C17H16N2O2/c1-2-6-12(7-3-1)13-10-18-17(19-13)16-11-20-14-8-4-5-9-15(14)21-16/h1-9,13,16H,10-11H2,(H,18,19).